The predicted octanol–water partition coefficient (Wildman–Crippen LogP) is 2.94. The number of halogens is 3. The van der Waals surface area contributed by atoms with Crippen LogP contribution < -0.4 is 0 Å². The third-order valence-electron chi connectivity index (χ3n) is 2.95. The second-order valence-corrected chi connectivity index (χ2v) is 4.74. The molecule has 19 heavy (non-hydrogen) atoms. The van der Waals surface area contributed by atoms with Gasteiger partial charge < -0.3 is 9.84 Å². The molecular formula is C13H15F3O3. The van der Waals surface area contributed by atoms with Gasteiger partial charge in [0.1, 0.15) is 0 Å². The van der Waals surface area contributed by atoms with Gasteiger partial charge >= 0.3 is 12.1 Å². The molecule has 0 aliphatic heterocycles. The number of alkyl halides is 3. The third kappa shape index (κ3) is 3.26. The van der Waals surface area contributed by atoms with Gasteiger partial charge in [-0.3, -0.25) is 4.79 Å². The van der Waals surface area contributed by atoms with Crippen molar-refractivity contribution >= 4 is 5.97 Å². The number of methoxy groups -OCH3 is 1. The first-order valence-electron chi connectivity index (χ1n) is 5.54. The van der Waals surface area contributed by atoms with Crippen LogP contribution >= 0.6 is 0 Å². The van der Waals surface area contributed by atoms with E-state index < -0.39 is 29.2 Å². The Balaban J connectivity index is 3.02. The number of esters is 1. The van der Waals surface area contributed by atoms with Crippen LogP contribution in [-0.2, 0) is 15.7 Å². The summed E-state index contributed by atoms with van der Waals surface area (Å²) in [6.45, 7) is 2.92. The normalized spacial score (nSPS) is 14.1. The van der Waals surface area contributed by atoms with E-state index in [9.17, 15) is 23.1 Å². The molecule has 0 saturated carbocycles. The number of hydrogen-bond acceptors (Lipinski definition) is 3. The Kier molecular flexibility index (Phi) is 4.25. The summed E-state index contributed by atoms with van der Waals surface area (Å²) in [6.07, 6.45) is -5.68. The zero-order valence-corrected chi connectivity index (χ0v) is 10.8. The summed E-state index contributed by atoms with van der Waals surface area (Å²) in [5, 5.41) is 10.1. The summed E-state index contributed by atoms with van der Waals surface area (Å²) in [5.74, 6) is -0.639. The van der Waals surface area contributed by atoms with E-state index in [1.165, 1.54) is 21.0 Å². The molecule has 0 aliphatic rings. The summed E-state index contributed by atoms with van der Waals surface area (Å²) in [7, 11) is 1.18. The third-order valence-corrected chi connectivity index (χ3v) is 2.95. The van der Waals surface area contributed by atoms with E-state index in [1.54, 1.807) is 0 Å². The molecular weight excluding hydrogens is 261 g/mol. The molecule has 1 aromatic carbocycles. The van der Waals surface area contributed by atoms with Crippen molar-refractivity contribution in [1.29, 1.82) is 0 Å². The maximum absolute atomic E-state index is 12.4. The fourth-order valence-electron chi connectivity index (χ4n) is 1.65. The molecule has 1 atom stereocenters. The number of carbonyl (C=O) groups excluding carboxylic acids is 1. The Hall–Kier alpha value is -1.56. The zero-order valence-electron chi connectivity index (χ0n) is 10.8. The van der Waals surface area contributed by atoms with Crippen LogP contribution in [0, 0.1) is 5.41 Å². The molecule has 0 aromatic heterocycles. The number of carbonyl (C=O) groups is 1. The predicted molar refractivity (Wildman–Crippen MR) is 62.2 cm³/mol. The summed E-state index contributed by atoms with van der Waals surface area (Å²) in [5.41, 5.74) is -1.82. The van der Waals surface area contributed by atoms with Crippen LogP contribution in [0.15, 0.2) is 24.3 Å². The maximum atomic E-state index is 12.4. The van der Waals surface area contributed by atoms with Gasteiger partial charge in [-0.1, -0.05) is 12.1 Å². The highest BCUT2D eigenvalue weighted by Gasteiger charge is 2.38. The summed E-state index contributed by atoms with van der Waals surface area (Å²) in [4.78, 5) is 11.5. The first-order chi connectivity index (χ1) is 8.60. The van der Waals surface area contributed by atoms with Crippen molar-refractivity contribution in [1.82, 2.24) is 0 Å². The van der Waals surface area contributed by atoms with E-state index in [2.05, 4.69) is 4.74 Å². The lowest BCUT2D eigenvalue weighted by molar-refractivity contribution is -0.157. The number of aliphatic hydroxyl groups excluding tert-OH is 1. The zero-order chi connectivity index (χ0) is 14.8. The molecule has 0 spiro atoms. The number of ether oxygens (including phenoxy) is 1. The molecule has 6 heteroatoms. The lowest BCUT2D eigenvalue weighted by Gasteiger charge is -2.28. The molecule has 0 bridgehead atoms. The molecule has 3 nitrogen and oxygen atoms in total. The highest BCUT2D eigenvalue weighted by Crippen LogP contribution is 2.36. The van der Waals surface area contributed by atoms with Gasteiger partial charge in [-0.2, -0.15) is 13.2 Å². The topological polar surface area (TPSA) is 46.5 Å². The van der Waals surface area contributed by atoms with Gasteiger partial charge in [0.05, 0.1) is 24.2 Å². The molecule has 1 aromatic rings. The minimum atomic E-state index is -4.43. The van der Waals surface area contributed by atoms with E-state index in [1.807, 2.05) is 0 Å². The fourth-order valence-corrected chi connectivity index (χ4v) is 1.65. The van der Waals surface area contributed by atoms with E-state index in [0.29, 0.717) is 0 Å². The molecule has 0 heterocycles. The quantitative estimate of drug-likeness (QED) is 0.863. The Morgan fingerprint density at radius 3 is 2.05 bits per heavy atom. The summed E-state index contributed by atoms with van der Waals surface area (Å²) in [6, 6.07) is 4.04. The van der Waals surface area contributed by atoms with E-state index in [-0.39, 0.29) is 5.56 Å². The van der Waals surface area contributed by atoms with Crippen molar-refractivity contribution in [2.24, 2.45) is 5.41 Å². The van der Waals surface area contributed by atoms with Gasteiger partial charge in [0.15, 0.2) is 0 Å². The van der Waals surface area contributed by atoms with Crippen molar-refractivity contribution in [3.05, 3.63) is 35.4 Å². The Labute approximate surface area is 109 Å². The molecule has 1 rings (SSSR count). The smallest absolute Gasteiger partial charge is 0.416 e. The molecule has 0 aliphatic carbocycles. The highest BCUT2D eigenvalue weighted by molar-refractivity contribution is 5.76. The minimum absolute atomic E-state index is 0.225. The van der Waals surface area contributed by atoms with Gasteiger partial charge in [0.25, 0.3) is 0 Å². The van der Waals surface area contributed by atoms with Crippen LogP contribution in [0.2, 0.25) is 0 Å². The SMILES string of the molecule is COC(=O)C(C)(C)C(O)c1ccc(C(F)(F)F)cc1. The van der Waals surface area contributed by atoms with Crippen molar-refractivity contribution in [3.63, 3.8) is 0 Å². The number of rotatable bonds is 3. The Morgan fingerprint density at radius 2 is 1.68 bits per heavy atom. The van der Waals surface area contributed by atoms with Crippen LogP contribution in [0.4, 0.5) is 13.2 Å². The van der Waals surface area contributed by atoms with Crippen molar-refractivity contribution < 1.29 is 27.8 Å². The first-order valence-corrected chi connectivity index (χ1v) is 5.54. The second-order valence-electron chi connectivity index (χ2n) is 4.74. The van der Waals surface area contributed by atoms with E-state index in [4.69, 9.17) is 0 Å². The average Bonchev–Trinajstić information content (AvgIpc) is 2.35. The van der Waals surface area contributed by atoms with Crippen molar-refractivity contribution in [2.45, 2.75) is 26.1 Å². The molecule has 1 unspecified atom stereocenters. The molecule has 0 fully saturated rings. The molecule has 0 amide bonds. The lowest BCUT2D eigenvalue weighted by Crippen LogP contribution is -2.32. The van der Waals surface area contributed by atoms with Gasteiger partial charge in [-0.15, -0.1) is 0 Å². The monoisotopic (exact) mass is 276 g/mol. The minimum Gasteiger partial charge on any atom is -0.469 e. The average molecular weight is 276 g/mol. The van der Waals surface area contributed by atoms with Crippen LogP contribution in [0.3, 0.4) is 0 Å². The molecule has 106 valence electrons. The lowest BCUT2D eigenvalue weighted by atomic mass is 9.82. The fraction of sp³-hybridized carbons (Fsp3) is 0.462. The molecule has 1 N–H and O–H groups in total. The van der Waals surface area contributed by atoms with Gasteiger partial charge in [0, 0.05) is 0 Å². The first kappa shape index (κ1) is 15.5. The standard InChI is InChI=1S/C13H15F3O3/c1-12(2,11(18)19-3)10(17)8-4-6-9(7-5-8)13(14,15)16/h4-7,10,17H,1-3H3. The largest absolute Gasteiger partial charge is 0.469 e. The van der Waals surface area contributed by atoms with Crippen LogP contribution in [0.25, 0.3) is 0 Å². The number of hydrogen-bond donors (Lipinski definition) is 1. The number of aliphatic hydroxyl groups is 1. The Morgan fingerprint density at radius 1 is 1.21 bits per heavy atom. The Bertz CT molecular complexity index is 449. The maximum Gasteiger partial charge on any atom is 0.416 e. The van der Waals surface area contributed by atoms with Crippen LogP contribution in [-0.4, -0.2) is 18.2 Å². The summed E-state index contributed by atoms with van der Waals surface area (Å²) < 4.78 is 41.8. The number of benzene rings is 1. The molecule has 0 saturated heterocycles. The van der Waals surface area contributed by atoms with E-state index in [0.717, 1.165) is 24.3 Å². The van der Waals surface area contributed by atoms with Crippen molar-refractivity contribution in [3.8, 4) is 0 Å². The van der Waals surface area contributed by atoms with Crippen LogP contribution in [0.5, 0.6) is 0 Å². The van der Waals surface area contributed by atoms with Crippen molar-refractivity contribution in [2.75, 3.05) is 7.11 Å². The highest BCUT2D eigenvalue weighted by atomic mass is 19.4. The van der Waals surface area contributed by atoms with E-state index >= 15 is 0 Å². The van der Waals surface area contributed by atoms with Crippen LogP contribution in [0.1, 0.15) is 31.1 Å². The van der Waals surface area contributed by atoms with Gasteiger partial charge in [-0.25, -0.2) is 0 Å². The second kappa shape index (κ2) is 5.21. The van der Waals surface area contributed by atoms with Gasteiger partial charge in [-0.05, 0) is 31.5 Å². The summed E-state index contributed by atoms with van der Waals surface area (Å²) >= 11 is 0. The van der Waals surface area contributed by atoms with Gasteiger partial charge in [0.2, 0.25) is 0 Å². The molecule has 0 radical (unpaired) electrons.